The molecule has 19 heavy (non-hydrogen) atoms. The van der Waals surface area contributed by atoms with Crippen LogP contribution in [-0.2, 0) is 0 Å². The molecule has 1 aromatic carbocycles. The maximum atomic E-state index is 13.2. The normalized spacial score (nSPS) is 10.6. The quantitative estimate of drug-likeness (QED) is 0.831. The van der Waals surface area contributed by atoms with Crippen molar-refractivity contribution in [3.8, 4) is 11.4 Å². The average molecular weight is 371 g/mol. The number of halogens is 2. The topological polar surface area (TPSA) is 37.8 Å². The Bertz CT molecular complexity index is 614. The van der Waals surface area contributed by atoms with E-state index in [0.717, 1.165) is 32.8 Å². The van der Waals surface area contributed by atoms with E-state index in [-0.39, 0.29) is 5.82 Å². The van der Waals surface area contributed by atoms with Gasteiger partial charge in [-0.3, -0.25) is 0 Å². The first-order valence-corrected chi connectivity index (χ1v) is 7.15. The molecule has 0 saturated carbocycles. The number of aryl methyl sites for hydroxylation is 2. The zero-order chi connectivity index (χ0) is 14.0. The fourth-order valence-electron chi connectivity index (χ4n) is 1.84. The number of hydrogen-bond acceptors (Lipinski definition) is 3. The van der Waals surface area contributed by atoms with Gasteiger partial charge in [-0.15, -0.1) is 0 Å². The maximum Gasteiger partial charge on any atom is 0.162 e. The third-order valence-electron chi connectivity index (χ3n) is 2.79. The summed E-state index contributed by atoms with van der Waals surface area (Å²) in [4.78, 5) is 9.03. The number of anilines is 1. The number of rotatable bonds is 3. The van der Waals surface area contributed by atoms with Gasteiger partial charge in [-0.25, -0.2) is 14.4 Å². The molecule has 0 bridgehead atoms. The van der Waals surface area contributed by atoms with Crippen LogP contribution in [0, 0.1) is 23.2 Å². The summed E-state index contributed by atoms with van der Waals surface area (Å²) in [6.07, 6.45) is 0. The molecule has 0 aliphatic carbocycles. The Morgan fingerprint density at radius 2 is 2.00 bits per heavy atom. The third kappa shape index (κ3) is 3.02. The molecule has 5 heteroatoms. The van der Waals surface area contributed by atoms with E-state index in [9.17, 15) is 4.39 Å². The summed E-state index contributed by atoms with van der Waals surface area (Å²) in [6.45, 7) is 6.64. The van der Waals surface area contributed by atoms with Crippen LogP contribution in [0.4, 0.5) is 10.2 Å². The first-order valence-electron chi connectivity index (χ1n) is 6.07. The van der Waals surface area contributed by atoms with Crippen molar-refractivity contribution >= 4 is 28.4 Å². The lowest BCUT2D eigenvalue weighted by Crippen LogP contribution is -2.06. The third-order valence-corrected chi connectivity index (χ3v) is 4.08. The predicted molar refractivity (Wildman–Crippen MR) is 83.8 cm³/mol. The van der Waals surface area contributed by atoms with Crippen molar-refractivity contribution in [2.45, 2.75) is 20.8 Å². The molecule has 0 radical (unpaired) electrons. The molecule has 0 aliphatic heterocycles. The van der Waals surface area contributed by atoms with Crippen LogP contribution in [-0.4, -0.2) is 16.5 Å². The van der Waals surface area contributed by atoms with Crippen LogP contribution in [0.15, 0.2) is 18.2 Å². The minimum Gasteiger partial charge on any atom is -0.369 e. The lowest BCUT2D eigenvalue weighted by Gasteiger charge is -2.11. The Hall–Kier alpha value is -1.24. The summed E-state index contributed by atoms with van der Waals surface area (Å²) >= 11 is 2.23. The van der Waals surface area contributed by atoms with Gasteiger partial charge >= 0.3 is 0 Å². The second-order valence-corrected chi connectivity index (χ2v) is 5.36. The molecule has 2 rings (SSSR count). The summed E-state index contributed by atoms with van der Waals surface area (Å²) in [6, 6.07) is 4.66. The van der Waals surface area contributed by atoms with E-state index in [2.05, 4.69) is 37.9 Å². The van der Waals surface area contributed by atoms with Gasteiger partial charge in [0, 0.05) is 12.1 Å². The standard InChI is InChI=1S/C14H15FIN3/c1-4-17-14-12(16)9(3)18-13(19-14)11-6-5-10(15)7-8(11)2/h5-7H,4H2,1-3H3,(H,17,18,19). The SMILES string of the molecule is CCNc1nc(-c2ccc(F)cc2C)nc(C)c1I. The summed E-state index contributed by atoms with van der Waals surface area (Å²) in [5, 5.41) is 3.22. The molecule has 100 valence electrons. The Morgan fingerprint density at radius 3 is 2.63 bits per heavy atom. The number of nitrogens with zero attached hydrogens (tertiary/aromatic N) is 2. The summed E-state index contributed by atoms with van der Waals surface area (Å²) in [5.41, 5.74) is 2.62. The molecule has 0 saturated heterocycles. The average Bonchev–Trinajstić information content (AvgIpc) is 2.35. The molecule has 1 heterocycles. The minimum atomic E-state index is -0.240. The molecule has 0 aliphatic rings. The molecule has 2 aromatic rings. The van der Waals surface area contributed by atoms with Crippen molar-refractivity contribution in [3.05, 3.63) is 38.8 Å². The maximum absolute atomic E-state index is 13.2. The number of benzene rings is 1. The summed E-state index contributed by atoms with van der Waals surface area (Å²) in [7, 11) is 0. The van der Waals surface area contributed by atoms with Crippen LogP contribution in [0.1, 0.15) is 18.2 Å². The van der Waals surface area contributed by atoms with Gasteiger partial charge in [0.05, 0.1) is 9.26 Å². The van der Waals surface area contributed by atoms with Gasteiger partial charge in [-0.1, -0.05) is 0 Å². The highest BCUT2D eigenvalue weighted by Crippen LogP contribution is 2.26. The van der Waals surface area contributed by atoms with Gasteiger partial charge in [-0.2, -0.15) is 0 Å². The lowest BCUT2D eigenvalue weighted by molar-refractivity contribution is 0.627. The molecule has 0 spiro atoms. The summed E-state index contributed by atoms with van der Waals surface area (Å²) in [5.74, 6) is 1.22. The monoisotopic (exact) mass is 371 g/mol. The Balaban J connectivity index is 2.56. The smallest absolute Gasteiger partial charge is 0.162 e. The van der Waals surface area contributed by atoms with Gasteiger partial charge in [0.15, 0.2) is 5.82 Å². The molecular formula is C14H15FIN3. The van der Waals surface area contributed by atoms with Crippen molar-refractivity contribution in [3.63, 3.8) is 0 Å². The Kier molecular flexibility index (Phi) is 4.34. The molecule has 1 N–H and O–H groups in total. The van der Waals surface area contributed by atoms with Crippen molar-refractivity contribution in [1.82, 2.24) is 9.97 Å². The molecule has 1 aromatic heterocycles. The highest BCUT2D eigenvalue weighted by atomic mass is 127. The van der Waals surface area contributed by atoms with Crippen LogP contribution in [0.25, 0.3) is 11.4 Å². The predicted octanol–water partition coefficient (Wildman–Crippen LogP) is 3.94. The van der Waals surface area contributed by atoms with Gasteiger partial charge in [0.1, 0.15) is 11.6 Å². The Labute approximate surface area is 125 Å². The number of nitrogens with one attached hydrogen (secondary N) is 1. The van der Waals surface area contributed by atoms with Crippen molar-refractivity contribution in [1.29, 1.82) is 0 Å². The van der Waals surface area contributed by atoms with Gasteiger partial charge < -0.3 is 5.32 Å². The van der Waals surface area contributed by atoms with E-state index in [1.165, 1.54) is 12.1 Å². The van der Waals surface area contributed by atoms with Crippen molar-refractivity contribution < 1.29 is 4.39 Å². The number of aromatic nitrogens is 2. The highest BCUT2D eigenvalue weighted by molar-refractivity contribution is 14.1. The van der Waals surface area contributed by atoms with Gasteiger partial charge in [-0.05, 0) is 67.1 Å². The van der Waals surface area contributed by atoms with Crippen LogP contribution in [0.5, 0.6) is 0 Å². The fraction of sp³-hybridized carbons (Fsp3) is 0.286. The molecule has 3 nitrogen and oxygen atoms in total. The van der Waals surface area contributed by atoms with Crippen LogP contribution < -0.4 is 5.32 Å². The second-order valence-electron chi connectivity index (χ2n) is 4.28. The second kappa shape index (κ2) is 5.81. The number of hydrogen-bond donors (Lipinski definition) is 1. The molecule has 0 amide bonds. The van der Waals surface area contributed by atoms with E-state index >= 15 is 0 Å². The van der Waals surface area contributed by atoms with Crippen molar-refractivity contribution in [2.75, 3.05) is 11.9 Å². The van der Waals surface area contributed by atoms with Crippen LogP contribution in [0.2, 0.25) is 0 Å². The van der Waals surface area contributed by atoms with Gasteiger partial charge in [0.2, 0.25) is 0 Å². The first kappa shape index (κ1) is 14.2. The summed E-state index contributed by atoms with van der Waals surface area (Å²) < 4.78 is 14.2. The van der Waals surface area contributed by atoms with E-state index in [4.69, 9.17) is 0 Å². The van der Waals surface area contributed by atoms with Crippen LogP contribution in [0.3, 0.4) is 0 Å². The highest BCUT2D eigenvalue weighted by Gasteiger charge is 2.12. The molecular weight excluding hydrogens is 356 g/mol. The van der Waals surface area contributed by atoms with E-state index in [1.54, 1.807) is 6.07 Å². The van der Waals surface area contributed by atoms with Crippen LogP contribution >= 0.6 is 22.6 Å². The van der Waals surface area contributed by atoms with Gasteiger partial charge in [0.25, 0.3) is 0 Å². The zero-order valence-corrected chi connectivity index (χ0v) is 13.2. The van der Waals surface area contributed by atoms with E-state index in [0.29, 0.717) is 5.82 Å². The zero-order valence-electron chi connectivity index (χ0n) is 11.1. The van der Waals surface area contributed by atoms with E-state index < -0.39 is 0 Å². The molecule has 0 atom stereocenters. The lowest BCUT2D eigenvalue weighted by atomic mass is 10.1. The first-order chi connectivity index (χ1) is 9.02. The fourth-order valence-corrected chi connectivity index (χ4v) is 2.27. The largest absolute Gasteiger partial charge is 0.369 e. The Morgan fingerprint density at radius 1 is 1.26 bits per heavy atom. The molecule has 0 unspecified atom stereocenters. The molecule has 0 fully saturated rings. The van der Waals surface area contributed by atoms with Crippen molar-refractivity contribution in [2.24, 2.45) is 0 Å². The van der Waals surface area contributed by atoms with E-state index in [1.807, 2.05) is 20.8 Å². The minimum absolute atomic E-state index is 0.240.